The molecule has 0 unspecified atom stereocenters. The smallest absolute Gasteiger partial charge is 0.338 e. The van der Waals surface area contributed by atoms with Gasteiger partial charge in [0.2, 0.25) is 0 Å². The number of hydrogen-bond acceptors (Lipinski definition) is 6. The Morgan fingerprint density at radius 2 is 1.88 bits per heavy atom. The van der Waals surface area contributed by atoms with Gasteiger partial charge in [0.15, 0.2) is 6.61 Å². The molecule has 0 saturated heterocycles. The van der Waals surface area contributed by atoms with E-state index in [0.29, 0.717) is 4.47 Å². The van der Waals surface area contributed by atoms with Crippen LogP contribution in [-0.4, -0.2) is 51.1 Å². The summed E-state index contributed by atoms with van der Waals surface area (Å²) in [7, 11) is -1.43. The van der Waals surface area contributed by atoms with Gasteiger partial charge in [-0.25, -0.2) is 13.2 Å². The maximum Gasteiger partial charge on any atom is 0.338 e. The van der Waals surface area contributed by atoms with Crippen LogP contribution in [0.25, 0.3) is 0 Å². The van der Waals surface area contributed by atoms with Crippen LogP contribution >= 0.6 is 0 Å². The molecule has 0 heterocycles. The van der Waals surface area contributed by atoms with Gasteiger partial charge in [-0.1, -0.05) is 10.5 Å². The molecule has 0 atom stereocenters. The van der Waals surface area contributed by atoms with Crippen LogP contribution in [0, 0.1) is 0 Å². The minimum absolute atomic E-state index is 0.0177. The van der Waals surface area contributed by atoms with E-state index in [4.69, 9.17) is 4.74 Å². The standard InChI is InChI=1S/C15H22N2O6S/c1-15(2,3)16-13(18)10-23-14(19)11-7-6-8-12(9-11)24(20,21)17(4)22-5/h6-9H,10H2,1-5H3,(H,16,18). The van der Waals surface area contributed by atoms with Crippen LogP contribution in [0.4, 0.5) is 0 Å². The molecule has 1 N–H and O–H groups in total. The highest BCUT2D eigenvalue weighted by Crippen LogP contribution is 2.16. The van der Waals surface area contributed by atoms with E-state index in [2.05, 4.69) is 10.2 Å². The predicted molar refractivity (Wildman–Crippen MR) is 86.6 cm³/mol. The van der Waals surface area contributed by atoms with E-state index in [1.54, 1.807) is 20.8 Å². The normalized spacial score (nSPS) is 12.1. The van der Waals surface area contributed by atoms with Gasteiger partial charge < -0.3 is 10.1 Å². The second-order valence-corrected chi connectivity index (χ2v) is 7.94. The number of amides is 1. The molecule has 9 heteroatoms. The van der Waals surface area contributed by atoms with Gasteiger partial charge >= 0.3 is 5.97 Å². The Kier molecular flexibility index (Phi) is 6.47. The molecule has 24 heavy (non-hydrogen) atoms. The number of carbonyl (C=O) groups is 2. The van der Waals surface area contributed by atoms with Crippen LogP contribution in [0.1, 0.15) is 31.1 Å². The van der Waals surface area contributed by atoms with Crippen LogP contribution in [0.5, 0.6) is 0 Å². The number of carbonyl (C=O) groups excluding carboxylic acids is 2. The Hall–Kier alpha value is -1.97. The zero-order chi connectivity index (χ0) is 18.5. The van der Waals surface area contributed by atoms with Crippen LogP contribution in [0.15, 0.2) is 29.2 Å². The number of hydroxylamine groups is 1. The van der Waals surface area contributed by atoms with Gasteiger partial charge in [-0.05, 0) is 39.0 Å². The van der Waals surface area contributed by atoms with E-state index < -0.39 is 34.0 Å². The molecule has 0 aliphatic rings. The first-order chi connectivity index (χ1) is 11.0. The van der Waals surface area contributed by atoms with Crippen molar-refractivity contribution >= 4 is 21.9 Å². The molecule has 0 fully saturated rings. The molecule has 0 aliphatic carbocycles. The lowest BCUT2D eigenvalue weighted by Crippen LogP contribution is -2.42. The summed E-state index contributed by atoms with van der Waals surface area (Å²) in [6, 6.07) is 5.29. The molecule has 0 saturated carbocycles. The number of rotatable bonds is 6. The lowest BCUT2D eigenvalue weighted by molar-refractivity contribution is -0.125. The van der Waals surface area contributed by atoms with Crippen LogP contribution in [-0.2, 0) is 24.4 Å². The Labute approximate surface area is 141 Å². The topological polar surface area (TPSA) is 102 Å². The summed E-state index contributed by atoms with van der Waals surface area (Å²) >= 11 is 0. The highest BCUT2D eigenvalue weighted by molar-refractivity contribution is 7.89. The zero-order valence-electron chi connectivity index (χ0n) is 14.3. The van der Waals surface area contributed by atoms with Crippen LogP contribution < -0.4 is 5.32 Å². The third-order valence-electron chi connectivity index (χ3n) is 2.81. The van der Waals surface area contributed by atoms with Crippen molar-refractivity contribution in [2.24, 2.45) is 0 Å². The number of nitrogens with zero attached hydrogens (tertiary/aromatic N) is 1. The van der Waals surface area contributed by atoms with Crippen molar-refractivity contribution in [3.63, 3.8) is 0 Å². The number of hydrogen-bond donors (Lipinski definition) is 1. The summed E-state index contributed by atoms with van der Waals surface area (Å²) in [6.07, 6.45) is 0. The van der Waals surface area contributed by atoms with Crippen molar-refractivity contribution in [1.82, 2.24) is 9.79 Å². The Balaban J connectivity index is 2.83. The van der Waals surface area contributed by atoms with Gasteiger partial charge in [0.05, 0.1) is 17.6 Å². The summed E-state index contributed by atoms with van der Waals surface area (Å²) in [4.78, 5) is 28.2. The van der Waals surface area contributed by atoms with E-state index in [0.717, 1.165) is 6.07 Å². The van der Waals surface area contributed by atoms with Gasteiger partial charge in [-0.2, -0.15) is 0 Å². The first kappa shape index (κ1) is 20.1. The van der Waals surface area contributed by atoms with Crippen molar-refractivity contribution in [3.8, 4) is 0 Å². The van der Waals surface area contributed by atoms with Gasteiger partial charge in [-0.15, -0.1) is 0 Å². The fourth-order valence-corrected chi connectivity index (χ4v) is 2.72. The quantitative estimate of drug-likeness (QED) is 0.600. The summed E-state index contributed by atoms with van der Waals surface area (Å²) < 4.78 is 29.9. The van der Waals surface area contributed by atoms with Crippen LogP contribution in [0.3, 0.4) is 0 Å². The molecule has 1 aromatic rings. The first-order valence-corrected chi connectivity index (χ1v) is 8.52. The maximum absolute atomic E-state index is 12.1. The zero-order valence-corrected chi connectivity index (χ0v) is 15.1. The minimum Gasteiger partial charge on any atom is -0.452 e. The van der Waals surface area contributed by atoms with E-state index >= 15 is 0 Å². The van der Waals surface area contributed by atoms with E-state index in [-0.39, 0.29) is 10.5 Å². The van der Waals surface area contributed by atoms with Gasteiger partial charge in [0, 0.05) is 12.6 Å². The van der Waals surface area contributed by atoms with Crippen molar-refractivity contribution in [1.29, 1.82) is 0 Å². The molecule has 0 bridgehead atoms. The average molecular weight is 358 g/mol. The number of benzene rings is 1. The van der Waals surface area contributed by atoms with Gasteiger partial charge in [0.1, 0.15) is 0 Å². The van der Waals surface area contributed by atoms with Crippen molar-refractivity contribution < 1.29 is 27.6 Å². The van der Waals surface area contributed by atoms with Gasteiger partial charge in [-0.3, -0.25) is 9.63 Å². The monoisotopic (exact) mass is 358 g/mol. The van der Waals surface area contributed by atoms with Gasteiger partial charge in [0.25, 0.3) is 15.9 Å². The minimum atomic E-state index is -3.88. The molecule has 8 nitrogen and oxygen atoms in total. The Morgan fingerprint density at radius 1 is 1.25 bits per heavy atom. The highest BCUT2D eigenvalue weighted by Gasteiger charge is 2.22. The number of ether oxygens (including phenoxy) is 1. The van der Waals surface area contributed by atoms with E-state index in [1.807, 2.05) is 0 Å². The second-order valence-electron chi connectivity index (χ2n) is 6.00. The molecule has 1 amide bonds. The van der Waals surface area contributed by atoms with Crippen molar-refractivity contribution in [2.45, 2.75) is 31.2 Å². The molecule has 1 aromatic carbocycles. The van der Waals surface area contributed by atoms with Crippen molar-refractivity contribution in [2.75, 3.05) is 20.8 Å². The molecule has 1 rings (SSSR count). The number of nitrogens with one attached hydrogen (secondary N) is 1. The number of esters is 1. The lowest BCUT2D eigenvalue weighted by Gasteiger charge is -2.20. The SMILES string of the molecule is CON(C)S(=O)(=O)c1cccc(C(=O)OCC(=O)NC(C)(C)C)c1. The fraction of sp³-hybridized carbons (Fsp3) is 0.467. The molecule has 134 valence electrons. The number of sulfonamides is 1. The highest BCUT2D eigenvalue weighted by atomic mass is 32.2. The largest absolute Gasteiger partial charge is 0.452 e. The second kappa shape index (κ2) is 7.73. The third kappa shape index (κ3) is 5.59. The van der Waals surface area contributed by atoms with Crippen LogP contribution in [0.2, 0.25) is 0 Å². The summed E-state index contributed by atoms with van der Waals surface area (Å²) in [6.45, 7) is 4.94. The molecular weight excluding hydrogens is 336 g/mol. The molecule has 0 spiro atoms. The fourth-order valence-electron chi connectivity index (χ4n) is 1.70. The first-order valence-electron chi connectivity index (χ1n) is 7.08. The van der Waals surface area contributed by atoms with Crippen molar-refractivity contribution in [3.05, 3.63) is 29.8 Å². The Bertz CT molecular complexity index is 709. The average Bonchev–Trinajstić information content (AvgIpc) is 2.50. The molecular formula is C15H22N2O6S. The predicted octanol–water partition coefficient (Wildman–Crippen LogP) is 0.940. The molecule has 0 aromatic heterocycles. The molecule has 0 aliphatic heterocycles. The Morgan fingerprint density at radius 3 is 2.42 bits per heavy atom. The van der Waals surface area contributed by atoms with E-state index in [1.165, 1.54) is 32.4 Å². The summed E-state index contributed by atoms with van der Waals surface area (Å²) in [5.41, 5.74) is -0.425. The summed E-state index contributed by atoms with van der Waals surface area (Å²) in [5.74, 6) is -1.24. The molecule has 0 radical (unpaired) electrons. The lowest BCUT2D eigenvalue weighted by atomic mass is 10.1. The summed E-state index contributed by atoms with van der Waals surface area (Å²) in [5, 5.41) is 2.65. The maximum atomic E-state index is 12.1. The third-order valence-corrected chi connectivity index (χ3v) is 4.49. The van der Waals surface area contributed by atoms with E-state index in [9.17, 15) is 18.0 Å².